The highest BCUT2D eigenvalue weighted by molar-refractivity contribution is 7.98. The van der Waals surface area contributed by atoms with Gasteiger partial charge in [0.15, 0.2) is 0 Å². The number of thioether (sulfide) groups is 1. The number of nitrogens with zero attached hydrogens (tertiary/aromatic N) is 3. The molecule has 3 aromatic rings. The lowest BCUT2D eigenvalue weighted by Gasteiger charge is -2.09. The predicted molar refractivity (Wildman–Crippen MR) is 86.9 cm³/mol. The van der Waals surface area contributed by atoms with Crippen LogP contribution >= 0.6 is 23.4 Å². The van der Waals surface area contributed by atoms with Crippen LogP contribution in [0.25, 0.3) is 10.8 Å². The molecule has 0 atom stereocenters. The smallest absolute Gasteiger partial charge is 0.231 e. The number of benzene rings is 1. The van der Waals surface area contributed by atoms with Crippen LogP contribution < -0.4 is 0 Å². The third-order valence-electron chi connectivity index (χ3n) is 3.16. The van der Waals surface area contributed by atoms with Gasteiger partial charge in [0.1, 0.15) is 21.8 Å². The van der Waals surface area contributed by atoms with Gasteiger partial charge in [0, 0.05) is 22.7 Å². The zero-order valence-electron chi connectivity index (χ0n) is 11.3. The van der Waals surface area contributed by atoms with Gasteiger partial charge in [-0.05, 0) is 11.6 Å². The first-order chi connectivity index (χ1) is 10.7. The molecule has 0 saturated carbocycles. The molecule has 0 aliphatic rings. The van der Waals surface area contributed by atoms with Gasteiger partial charge >= 0.3 is 0 Å². The zero-order chi connectivity index (χ0) is 15.5. The van der Waals surface area contributed by atoms with Gasteiger partial charge in [-0.25, -0.2) is 9.97 Å². The number of aromatic hydroxyl groups is 1. The maximum Gasteiger partial charge on any atom is 0.231 e. The molecular weight excluding hydrogens is 318 g/mol. The molecule has 1 N–H and O–H groups in total. The largest absolute Gasteiger partial charge is 0.492 e. The van der Waals surface area contributed by atoms with Crippen LogP contribution in [0.15, 0.2) is 47.6 Å². The average Bonchev–Trinajstić information content (AvgIpc) is 2.57. The van der Waals surface area contributed by atoms with Gasteiger partial charge < -0.3 is 5.11 Å². The lowest BCUT2D eigenvalue weighted by atomic mass is 10.2. The summed E-state index contributed by atoms with van der Waals surface area (Å²) in [5.41, 5.74) is 1.23. The van der Waals surface area contributed by atoms with Crippen LogP contribution in [0.5, 0.6) is 5.88 Å². The van der Waals surface area contributed by atoms with Crippen molar-refractivity contribution in [3.05, 3.63) is 58.9 Å². The number of aromatic nitrogens is 2. The summed E-state index contributed by atoms with van der Waals surface area (Å²) in [5.74, 6) is 0.351. The molecule has 0 amide bonds. The van der Waals surface area contributed by atoms with E-state index < -0.39 is 0 Å². The van der Waals surface area contributed by atoms with Gasteiger partial charge in [-0.2, -0.15) is 5.26 Å². The van der Waals surface area contributed by atoms with E-state index >= 15 is 0 Å². The highest BCUT2D eigenvalue weighted by Gasteiger charge is 2.12. The van der Waals surface area contributed by atoms with Crippen LogP contribution in [0.1, 0.15) is 11.3 Å². The second kappa shape index (κ2) is 6.22. The van der Waals surface area contributed by atoms with E-state index in [4.69, 9.17) is 16.9 Å². The number of hydrogen-bond acceptors (Lipinski definition) is 5. The molecule has 0 bridgehead atoms. The van der Waals surface area contributed by atoms with Crippen LogP contribution in [0.3, 0.4) is 0 Å². The number of fused-ring (bicyclic) bond motifs is 1. The molecule has 2 heterocycles. The Hall–Kier alpha value is -2.29. The fourth-order valence-electron chi connectivity index (χ4n) is 2.10. The van der Waals surface area contributed by atoms with Gasteiger partial charge in [0.25, 0.3) is 0 Å². The Labute approximate surface area is 136 Å². The van der Waals surface area contributed by atoms with Crippen molar-refractivity contribution in [1.82, 2.24) is 9.97 Å². The van der Waals surface area contributed by atoms with Gasteiger partial charge in [0.2, 0.25) is 5.88 Å². The van der Waals surface area contributed by atoms with Gasteiger partial charge in [-0.15, -0.1) is 11.8 Å². The maximum atomic E-state index is 9.87. The standard InChI is InChI=1S/C16H10ClN3OS/c17-14-11-5-1-2-6-12(11)16(20-15(14)21)22-9-10-4-3-7-19-13(10)8-18/h1-7H,9H2,(H,20,21). The van der Waals surface area contributed by atoms with Crippen molar-refractivity contribution in [2.24, 2.45) is 0 Å². The molecule has 0 aliphatic heterocycles. The first-order valence-electron chi connectivity index (χ1n) is 6.44. The van der Waals surface area contributed by atoms with Crippen LogP contribution in [0, 0.1) is 11.3 Å². The van der Waals surface area contributed by atoms with E-state index in [0.717, 1.165) is 16.3 Å². The molecule has 1 aromatic carbocycles. The van der Waals surface area contributed by atoms with Crippen molar-refractivity contribution < 1.29 is 5.11 Å². The highest BCUT2D eigenvalue weighted by atomic mass is 35.5. The SMILES string of the molecule is N#Cc1ncccc1CSc1nc(O)c(Cl)c2ccccc12. The lowest BCUT2D eigenvalue weighted by Crippen LogP contribution is -1.92. The summed E-state index contributed by atoms with van der Waals surface area (Å²) in [6, 6.07) is 13.2. The van der Waals surface area contributed by atoms with E-state index in [1.807, 2.05) is 30.3 Å². The Morgan fingerprint density at radius 1 is 1.18 bits per heavy atom. The summed E-state index contributed by atoms with van der Waals surface area (Å²) < 4.78 is 0. The molecule has 3 rings (SSSR count). The van der Waals surface area contributed by atoms with Crippen molar-refractivity contribution in [2.45, 2.75) is 10.8 Å². The predicted octanol–water partition coefficient (Wildman–Crippen LogP) is 4.15. The minimum Gasteiger partial charge on any atom is -0.492 e. The third-order valence-corrected chi connectivity index (χ3v) is 4.57. The van der Waals surface area contributed by atoms with Crippen molar-refractivity contribution in [2.75, 3.05) is 0 Å². The lowest BCUT2D eigenvalue weighted by molar-refractivity contribution is 0.450. The summed E-state index contributed by atoms with van der Waals surface area (Å²) >= 11 is 7.52. The number of hydrogen-bond donors (Lipinski definition) is 1. The zero-order valence-corrected chi connectivity index (χ0v) is 12.9. The summed E-state index contributed by atoms with van der Waals surface area (Å²) in [7, 11) is 0. The monoisotopic (exact) mass is 327 g/mol. The molecule has 22 heavy (non-hydrogen) atoms. The molecule has 4 nitrogen and oxygen atoms in total. The van der Waals surface area contributed by atoms with Crippen LogP contribution in [-0.2, 0) is 5.75 Å². The molecule has 108 valence electrons. The van der Waals surface area contributed by atoms with Gasteiger partial charge in [0.05, 0.1) is 0 Å². The quantitative estimate of drug-likeness (QED) is 0.732. The molecular formula is C16H10ClN3OS. The molecule has 0 spiro atoms. The molecule has 0 aliphatic carbocycles. The Morgan fingerprint density at radius 2 is 1.95 bits per heavy atom. The second-order valence-corrected chi connectivity index (χ2v) is 5.85. The second-order valence-electron chi connectivity index (χ2n) is 4.51. The molecule has 0 radical (unpaired) electrons. The molecule has 0 saturated heterocycles. The van der Waals surface area contributed by atoms with E-state index in [-0.39, 0.29) is 10.9 Å². The number of halogens is 1. The Balaban J connectivity index is 1.98. The van der Waals surface area contributed by atoms with Gasteiger partial charge in [-0.1, -0.05) is 41.9 Å². The Morgan fingerprint density at radius 3 is 2.73 bits per heavy atom. The Bertz CT molecular complexity index is 892. The van der Waals surface area contributed by atoms with Crippen molar-refractivity contribution in [3.8, 4) is 11.9 Å². The van der Waals surface area contributed by atoms with E-state index in [1.54, 1.807) is 12.3 Å². The maximum absolute atomic E-state index is 9.87. The van der Waals surface area contributed by atoms with E-state index in [1.165, 1.54) is 11.8 Å². The van der Waals surface area contributed by atoms with E-state index in [0.29, 0.717) is 16.5 Å². The van der Waals surface area contributed by atoms with Crippen molar-refractivity contribution in [3.63, 3.8) is 0 Å². The summed E-state index contributed by atoms with van der Waals surface area (Å²) in [6.45, 7) is 0. The van der Waals surface area contributed by atoms with Crippen molar-refractivity contribution in [1.29, 1.82) is 5.26 Å². The minimum atomic E-state index is -0.186. The molecule has 0 unspecified atom stereocenters. The number of pyridine rings is 2. The number of nitriles is 1. The van der Waals surface area contributed by atoms with Crippen LogP contribution in [0.2, 0.25) is 5.02 Å². The molecule has 6 heteroatoms. The summed E-state index contributed by atoms with van der Waals surface area (Å²) in [4.78, 5) is 8.19. The average molecular weight is 328 g/mol. The van der Waals surface area contributed by atoms with E-state index in [9.17, 15) is 5.11 Å². The Kier molecular flexibility index (Phi) is 4.14. The summed E-state index contributed by atoms with van der Waals surface area (Å²) in [6.07, 6.45) is 1.59. The first-order valence-corrected chi connectivity index (χ1v) is 7.81. The first kappa shape index (κ1) is 14.6. The minimum absolute atomic E-state index is 0.186. The fourth-order valence-corrected chi connectivity index (χ4v) is 3.32. The summed E-state index contributed by atoms with van der Waals surface area (Å²) in [5, 5.41) is 21.5. The molecule has 0 fully saturated rings. The third kappa shape index (κ3) is 2.71. The molecule has 2 aromatic heterocycles. The van der Waals surface area contributed by atoms with Crippen molar-refractivity contribution >= 4 is 34.1 Å². The van der Waals surface area contributed by atoms with E-state index in [2.05, 4.69) is 16.0 Å². The highest BCUT2D eigenvalue weighted by Crippen LogP contribution is 2.37. The topological polar surface area (TPSA) is 69.8 Å². The fraction of sp³-hybridized carbons (Fsp3) is 0.0625. The van der Waals surface area contributed by atoms with Crippen LogP contribution in [0.4, 0.5) is 0 Å². The van der Waals surface area contributed by atoms with Gasteiger partial charge in [-0.3, -0.25) is 0 Å². The normalized spacial score (nSPS) is 10.5. The number of rotatable bonds is 3. The van der Waals surface area contributed by atoms with Crippen LogP contribution in [-0.4, -0.2) is 15.1 Å².